The molecule has 1 fully saturated rings. The van der Waals surface area contributed by atoms with Gasteiger partial charge in [0.2, 0.25) is 0 Å². The first-order valence-electron chi connectivity index (χ1n) is 6.37. The van der Waals surface area contributed by atoms with Crippen LogP contribution in [0.3, 0.4) is 0 Å². The summed E-state index contributed by atoms with van der Waals surface area (Å²) in [4.78, 5) is 23.0. The van der Waals surface area contributed by atoms with Crippen molar-refractivity contribution in [1.29, 1.82) is 0 Å². The summed E-state index contributed by atoms with van der Waals surface area (Å²) >= 11 is 0. The molecule has 0 spiro atoms. The van der Waals surface area contributed by atoms with Crippen molar-refractivity contribution in [2.75, 3.05) is 0 Å². The molecule has 19 heavy (non-hydrogen) atoms. The van der Waals surface area contributed by atoms with Crippen LogP contribution < -0.4 is 0 Å². The van der Waals surface area contributed by atoms with E-state index in [0.717, 1.165) is 5.56 Å². The van der Waals surface area contributed by atoms with E-state index in [4.69, 9.17) is 4.74 Å². The minimum atomic E-state index is -0.802. The smallest absolute Gasteiger partial charge is 0.434 e. The first-order chi connectivity index (χ1) is 9.16. The van der Waals surface area contributed by atoms with E-state index in [-0.39, 0.29) is 18.8 Å². The zero-order chi connectivity index (χ0) is 13.7. The quantitative estimate of drug-likeness (QED) is 0.672. The van der Waals surface area contributed by atoms with Gasteiger partial charge >= 0.3 is 6.09 Å². The number of ketones is 1. The monoisotopic (exact) mass is 263 g/mol. The Morgan fingerprint density at radius 2 is 2.11 bits per heavy atom. The SMILES string of the molecule is O=C1CCCC(N(O)C(=O)OCc2ccccc2)C1. The molecular formula is C14H17NO4. The van der Waals surface area contributed by atoms with Crippen LogP contribution in [0.1, 0.15) is 31.2 Å². The van der Waals surface area contributed by atoms with Gasteiger partial charge in [0.25, 0.3) is 0 Å². The second-order valence-corrected chi connectivity index (χ2v) is 4.67. The maximum atomic E-state index is 11.7. The van der Waals surface area contributed by atoms with Crippen LogP contribution in [0, 0.1) is 0 Å². The van der Waals surface area contributed by atoms with Crippen LogP contribution in [0.15, 0.2) is 30.3 Å². The second kappa shape index (κ2) is 6.33. The average Bonchev–Trinajstić information content (AvgIpc) is 2.45. The molecule has 0 aromatic heterocycles. The number of ether oxygens (including phenoxy) is 1. The van der Waals surface area contributed by atoms with Gasteiger partial charge in [-0.05, 0) is 18.4 Å². The summed E-state index contributed by atoms with van der Waals surface area (Å²) in [6.07, 6.45) is 1.26. The van der Waals surface area contributed by atoms with Crippen LogP contribution in [-0.2, 0) is 16.1 Å². The van der Waals surface area contributed by atoms with Crippen molar-refractivity contribution in [3.63, 3.8) is 0 Å². The predicted octanol–water partition coefficient (Wildman–Crippen LogP) is 2.53. The minimum Gasteiger partial charge on any atom is -0.443 e. The fourth-order valence-electron chi connectivity index (χ4n) is 2.15. The summed E-state index contributed by atoms with van der Waals surface area (Å²) in [6.45, 7) is 0.109. The lowest BCUT2D eigenvalue weighted by Gasteiger charge is -2.27. The van der Waals surface area contributed by atoms with Crippen LogP contribution in [0.2, 0.25) is 0 Å². The van der Waals surface area contributed by atoms with Crippen molar-refractivity contribution in [2.24, 2.45) is 0 Å². The molecule has 0 bridgehead atoms. The number of carbonyl (C=O) groups is 2. The van der Waals surface area contributed by atoms with Crippen molar-refractivity contribution >= 4 is 11.9 Å². The number of benzene rings is 1. The van der Waals surface area contributed by atoms with Gasteiger partial charge in [-0.25, -0.2) is 4.79 Å². The predicted molar refractivity (Wildman–Crippen MR) is 67.5 cm³/mol. The maximum absolute atomic E-state index is 11.7. The number of Topliss-reactive ketones (excluding diaryl/α,β-unsaturated/α-hetero) is 1. The van der Waals surface area contributed by atoms with E-state index in [0.29, 0.717) is 24.3 Å². The van der Waals surface area contributed by atoms with Crippen LogP contribution >= 0.6 is 0 Å². The highest BCUT2D eigenvalue weighted by molar-refractivity contribution is 5.80. The number of rotatable bonds is 3. The minimum absolute atomic E-state index is 0.0751. The molecule has 0 radical (unpaired) electrons. The number of hydroxylamine groups is 2. The molecule has 1 unspecified atom stereocenters. The summed E-state index contributed by atoms with van der Waals surface area (Å²) < 4.78 is 5.00. The number of nitrogens with zero attached hydrogens (tertiary/aromatic N) is 1. The molecule has 1 N–H and O–H groups in total. The fraction of sp³-hybridized carbons (Fsp3) is 0.429. The van der Waals surface area contributed by atoms with Gasteiger partial charge in [0, 0.05) is 12.8 Å². The van der Waals surface area contributed by atoms with E-state index < -0.39 is 12.1 Å². The summed E-state index contributed by atoms with van der Waals surface area (Å²) in [7, 11) is 0. The van der Waals surface area contributed by atoms with Crippen LogP contribution in [0.25, 0.3) is 0 Å². The molecule has 1 amide bonds. The Morgan fingerprint density at radius 3 is 2.79 bits per heavy atom. The van der Waals surface area contributed by atoms with E-state index in [1.807, 2.05) is 30.3 Å². The van der Waals surface area contributed by atoms with Gasteiger partial charge in [0.15, 0.2) is 0 Å². The highest BCUT2D eigenvalue weighted by Gasteiger charge is 2.28. The van der Waals surface area contributed by atoms with Crippen LogP contribution in [0.4, 0.5) is 4.79 Å². The Balaban J connectivity index is 1.83. The number of hydrogen-bond donors (Lipinski definition) is 1. The molecule has 0 aliphatic heterocycles. The highest BCUT2D eigenvalue weighted by Crippen LogP contribution is 2.19. The van der Waals surface area contributed by atoms with Gasteiger partial charge < -0.3 is 4.74 Å². The molecule has 1 aliphatic carbocycles. The summed E-state index contributed by atoms with van der Waals surface area (Å²) in [5.41, 5.74) is 0.851. The van der Waals surface area contributed by atoms with Gasteiger partial charge in [-0.15, -0.1) is 0 Å². The molecule has 0 saturated heterocycles. The second-order valence-electron chi connectivity index (χ2n) is 4.67. The van der Waals surface area contributed by atoms with Gasteiger partial charge in [-0.2, -0.15) is 5.06 Å². The largest absolute Gasteiger partial charge is 0.443 e. The lowest BCUT2D eigenvalue weighted by molar-refractivity contribution is -0.135. The van der Waals surface area contributed by atoms with Gasteiger partial charge in [-0.3, -0.25) is 10.0 Å². The van der Waals surface area contributed by atoms with Gasteiger partial charge in [-0.1, -0.05) is 30.3 Å². The Kier molecular flexibility index (Phi) is 4.52. The highest BCUT2D eigenvalue weighted by atomic mass is 16.6. The molecule has 1 atom stereocenters. The van der Waals surface area contributed by atoms with Gasteiger partial charge in [0.1, 0.15) is 12.4 Å². The first-order valence-corrected chi connectivity index (χ1v) is 6.37. The normalized spacial score (nSPS) is 19.0. The summed E-state index contributed by atoms with van der Waals surface area (Å²) in [5.74, 6) is 0.0751. The average molecular weight is 263 g/mol. The molecular weight excluding hydrogens is 246 g/mol. The molecule has 5 heteroatoms. The Labute approximate surface area is 111 Å². The Morgan fingerprint density at radius 1 is 1.37 bits per heavy atom. The Bertz CT molecular complexity index is 446. The van der Waals surface area contributed by atoms with E-state index >= 15 is 0 Å². The number of amides is 1. The number of carbonyl (C=O) groups excluding carboxylic acids is 2. The molecule has 0 heterocycles. The Hall–Kier alpha value is -1.88. The molecule has 2 rings (SSSR count). The van der Waals surface area contributed by atoms with Crippen LogP contribution in [-0.4, -0.2) is 28.2 Å². The third-order valence-corrected chi connectivity index (χ3v) is 3.19. The lowest BCUT2D eigenvalue weighted by atomic mass is 9.94. The standard InChI is InChI=1S/C14H17NO4/c16-13-8-4-7-12(9-13)15(18)14(17)19-10-11-5-2-1-3-6-11/h1-3,5-6,12,18H,4,7-10H2. The lowest BCUT2D eigenvalue weighted by Crippen LogP contribution is -2.41. The van der Waals surface area contributed by atoms with Gasteiger partial charge in [0.05, 0.1) is 6.04 Å². The van der Waals surface area contributed by atoms with E-state index in [2.05, 4.69) is 0 Å². The van der Waals surface area contributed by atoms with Crippen molar-refractivity contribution in [3.8, 4) is 0 Å². The zero-order valence-electron chi connectivity index (χ0n) is 10.6. The van der Waals surface area contributed by atoms with E-state index in [9.17, 15) is 14.8 Å². The third kappa shape index (κ3) is 3.79. The molecule has 1 aliphatic rings. The summed E-state index contributed by atoms with van der Waals surface area (Å²) in [6, 6.07) is 8.78. The molecule has 5 nitrogen and oxygen atoms in total. The molecule has 102 valence electrons. The topological polar surface area (TPSA) is 66.8 Å². The van der Waals surface area contributed by atoms with Crippen molar-refractivity contribution in [2.45, 2.75) is 38.3 Å². The van der Waals surface area contributed by atoms with E-state index in [1.54, 1.807) is 0 Å². The third-order valence-electron chi connectivity index (χ3n) is 3.19. The van der Waals surface area contributed by atoms with E-state index in [1.165, 1.54) is 0 Å². The van der Waals surface area contributed by atoms with Crippen molar-refractivity contribution < 1.29 is 19.5 Å². The van der Waals surface area contributed by atoms with Crippen LogP contribution in [0.5, 0.6) is 0 Å². The fourth-order valence-corrected chi connectivity index (χ4v) is 2.15. The molecule has 1 saturated carbocycles. The zero-order valence-corrected chi connectivity index (χ0v) is 10.6. The molecule has 1 aromatic carbocycles. The van der Waals surface area contributed by atoms with Crippen molar-refractivity contribution in [3.05, 3.63) is 35.9 Å². The summed E-state index contributed by atoms with van der Waals surface area (Å²) in [5, 5.41) is 10.3. The number of hydrogen-bond acceptors (Lipinski definition) is 4. The van der Waals surface area contributed by atoms with Crippen molar-refractivity contribution in [1.82, 2.24) is 5.06 Å². The molecule has 1 aromatic rings. The first kappa shape index (κ1) is 13.5. The maximum Gasteiger partial charge on any atom is 0.434 e.